The highest BCUT2D eigenvalue weighted by molar-refractivity contribution is 5.19. The van der Waals surface area contributed by atoms with E-state index in [1.54, 1.807) is 12.1 Å². The van der Waals surface area contributed by atoms with Gasteiger partial charge in [0.1, 0.15) is 12.4 Å². The van der Waals surface area contributed by atoms with E-state index in [1.165, 1.54) is 12.1 Å². The smallest absolute Gasteiger partial charge is 0.261 e. The molecule has 0 amide bonds. The van der Waals surface area contributed by atoms with Crippen molar-refractivity contribution in [3.8, 4) is 0 Å². The third-order valence-electron chi connectivity index (χ3n) is 2.71. The molecular weight excluding hydrogens is 255 g/mol. The average Bonchev–Trinajstić information content (AvgIpc) is 2.39. The van der Waals surface area contributed by atoms with E-state index in [1.807, 2.05) is 6.92 Å². The van der Waals surface area contributed by atoms with Crippen LogP contribution in [0.4, 0.5) is 13.2 Å². The van der Waals surface area contributed by atoms with E-state index < -0.39 is 13.0 Å². The molecule has 19 heavy (non-hydrogen) atoms. The highest BCUT2D eigenvalue weighted by Crippen LogP contribution is 2.17. The Labute approximate surface area is 112 Å². The molecule has 0 aliphatic heterocycles. The van der Waals surface area contributed by atoms with Gasteiger partial charge in [0.05, 0.1) is 0 Å². The Balaban J connectivity index is 2.48. The fraction of sp³-hybridized carbons (Fsp3) is 0.571. The fourth-order valence-corrected chi connectivity index (χ4v) is 1.77. The van der Waals surface area contributed by atoms with Crippen molar-refractivity contribution in [1.29, 1.82) is 0 Å². The zero-order valence-electron chi connectivity index (χ0n) is 11.0. The SMILES string of the molecule is CCCNC(CCOCC(F)F)c1ccc(F)cc1. The van der Waals surface area contributed by atoms with Gasteiger partial charge in [-0.15, -0.1) is 0 Å². The zero-order chi connectivity index (χ0) is 14.1. The highest BCUT2D eigenvalue weighted by Gasteiger charge is 2.11. The van der Waals surface area contributed by atoms with Crippen LogP contribution in [0.2, 0.25) is 0 Å². The van der Waals surface area contributed by atoms with E-state index in [9.17, 15) is 13.2 Å². The van der Waals surface area contributed by atoms with Crippen molar-refractivity contribution in [2.75, 3.05) is 19.8 Å². The molecule has 0 aromatic heterocycles. The van der Waals surface area contributed by atoms with Crippen LogP contribution < -0.4 is 5.32 Å². The van der Waals surface area contributed by atoms with Crippen molar-refractivity contribution >= 4 is 0 Å². The minimum atomic E-state index is -2.44. The molecule has 1 aromatic carbocycles. The highest BCUT2D eigenvalue weighted by atomic mass is 19.3. The quantitative estimate of drug-likeness (QED) is 0.696. The summed E-state index contributed by atoms with van der Waals surface area (Å²) in [6.45, 7) is 2.58. The first-order valence-corrected chi connectivity index (χ1v) is 6.48. The monoisotopic (exact) mass is 275 g/mol. The van der Waals surface area contributed by atoms with E-state index in [-0.39, 0.29) is 18.5 Å². The first-order chi connectivity index (χ1) is 9.13. The molecule has 0 bridgehead atoms. The average molecular weight is 275 g/mol. The topological polar surface area (TPSA) is 21.3 Å². The molecule has 0 fully saturated rings. The second-order valence-electron chi connectivity index (χ2n) is 4.31. The maximum absolute atomic E-state index is 12.9. The van der Waals surface area contributed by atoms with Crippen LogP contribution in [0, 0.1) is 5.82 Å². The van der Waals surface area contributed by atoms with E-state index in [4.69, 9.17) is 4.74 Å². The molecule has 1 aromatic rings. The van der Waals surface area contributed by atoms with Crippen LogP contribution in [-0.4, -0.2) is 26.2 Å². The van der Waals surface area contributed by atoms with Gasteiger partial charge in [0.25, 0.3) is 6.43 Å². The van der Waals surface area contributed by atoms with Gasteiger partial charge in [-0.1, -0.05) is 19.1 Å². The van der Waals surface area contributed by atoms with Crippen LogP contribution in [0.15, 0.2) is 24.3 Å². The second kappa shape index (κ2) is 8.93. The van der Waals surface area contributed by atoms with Gasteiger partial charge in [-0.05, 0) is 37.1 Å². The number of ether oxygens (including phenoxy) is 1. The Morgan fingerprint density at radius 3 is 2.47 bits per heavy atom. The maximum atomic E-state index is 12.9. The molecule has 0 aliphatic rings. The minimum absolute atomic E-state index is 0.00165. The van der Waals surface area contributed by atoms with E-state index in [0.717, 1.165) is 18.5 Å². The number of halogens is 3. The second-order valence-corrected chi connectivity index (χ2v) is 4.31. The van der Waals surface area contributed by atoms with Gasteiger partial charge in [-0.3, -0.25) is 0 Å². The molecule has 0 saturated heterocycles. The first-order valence-electron chi connectivity index (χ1n) is 6.48. The van der Waals surface area contributed by atoms with Crippen LogP contribution in [0.3, 0.4) is 0 Å². The number of rotatable bonds is 9. The van der Waals surface area contributed by atoms with Gasteiger partial charge in [-0.2, -0.15) is 0 Å². The predicted octanol–water partition coefficient (Wildman–Crippen LogP) is 3.54. The zero-order valence-corrected chi connectivity index (χ0v) is 11.0. The molecule has 5 heteroatoms. The molecule has 0 saturated carbocycles. The summed E-state index contributed by atoms with van der Waals surface area (Å²) < 4.78 is 41.6. The summed E-state index contributed by atoms with van der Waals surface area (Å²) >= 11 is 0. The van der Waals surface area contributed by atoms with Crippen molar-refractivity contribution in [3.05, 3.63) is 35.6 Å². The minimum Gasteiger partial charge on any atom is -0.375 e. The summed E-state index contributed by atoms with van der Waals surface area (Å²) in [5.74, 6) is -0.285. The van der Waals surface area contributed by atoms with E-state index >= 15 is 0 Å². The van der Waals surface area contributed by atoms with Crippen LogP contribution in [-0.2, 0) is 4.74 Å². The molecular formula is C14H20F3NO. The van der Waals surface area contributed by atoms with Crippen molar-refractivity contribution in [2.45, 2.75) is 32.2 Å². The summed E-state index contributed by atoms with van der Waals surface area (Å²) in [5, 5.41) is 3.30. The van der Waals surface area contributed by atoms with Gasteiger partial charge >= 0.3 is 0 Å². The molecule has 1 N–H and O–H groups in total. The molecule has 108 valence electrons. The summed E-state index contributed by atoms with van der Waals surface area (Å²) in [6, 6.07) is 6.20. The maximum Gasteiger partial charge on any atom is 0.261 e. The number of nitrogens with one attached hydrogen (secondary N) is 1. The van der Waals surface area contributed by atoms with Gasteiger partial charge in [0.2, 0.25) is 0 Å². The van der Waals surface area contributed by atoms with Crippen molar-refractivity contribution < 1.29 is 17.9 Å². The molecule has 0 aliphatic carbocycles. The van der Waals surface area contributed by atoms with Crippen LogP contribution in [0.1, 0.15) is 31.4 Å². The van der Waals surface area contributed by atoms with Crippen molar-refractivity contribution in [1.82, 2.24) is 5.32 Å². The summed E-state index contributed by atoms with van der Waals surface area (Å²) in [4.78, 5) is 0. The summed E-state index contributed by atoms with van der Waals surface area (Å²) in [6.07, 6.45) is -0.888. The molecule has 1 rings (SSSR count). The van der Waals surface area contributed by atoms with Crippen LogP contribution >= 0.6 is 0 Å². The number of benzene rings is 1. The lowest BCUT2D eigenvalue weighted by atomic mass is 10.0. The lowest BCUT2D eigenvalue weighted by Gasteiger charge is -2.19. The Hall–Kier alpha value is -1.07. The van der Waals surface area contributed by atoms with Crippen LogP contribution in [0.5, 0.6) is 0 Å². The Morgan fingerprint density at radius 1 is 1.21 bits per heavy atom. The Bertz CT molecular complexity index is 343. The molecule has 0 heterocycles. The molecule has 0 spiro atoms. The van der Waals surface area contributed by atoms with Crippen molar-refractivity contribution in [3.63, 3.8) is 0 Å². The first kappa shape index (κ1) is 16.0. The third kappa shape index (κ3) is 6.59. The molecule has 0 radical (unpaired) electrons. The number of hydrogen-bond acceptors (Lipinski definition) is 2. The van der Waals surface area contributed by atoms with E-state index in [0.29, 0.717) is 6.42 Å². The Morgan fingerprint density at radius 2 is 1.89 bits per heavy atom. The number of hydrogen-bond donors (Lipinski definition) is 1. The largest absolute Gasteiger partial charge is 0.375 e. The van der Waals surface area contributed by atoms with E-state index in [2.05, 4.69) is 5.32 Å². The van der Waals surface area contributed by atoms with Gasteiger partial charge < -0.3 is 10.1 Å². The third-order valence-corrected chi connectivity index (χ3v) is 2.71. The molecule has 2 nitrogen and oxygen atoms in total. The van der Waals surface area contributed by atoms with Gasteiger partial charge in [0, 0.05) is 12.6 Å². The summed E-state index contributed by atoms with van der Waals surface area (Å²) in [7, 11) is 0. The van der Waals surface area contributed by atoms with Crippen LogP contribution in [0.25, 0.3) is 0 Å². The lowest BCUT2D eigenvalue weighted by Crippen LogP contribution is -2.24. The van der Waals surface area contributed by atoms with Crippen molar-refractivity contribution in [2.24, 2.45) is 0 Å². The fourth-order valence-electron chi connectivity index (χ4n) is 1.77. The Kier molecular flexibility index (Phi) is 7.52. The number of alkyl halides is 2. The lowest BCUT2D eigenvalue weighted by molar-refractivity contribution is 0.0143. The molecule has 1 atom stereocenters. The van der Waals surface area contributed by atoms with Gasteiger partial charge in [-0.25, -0.2) is 13.2 Å². The summed E-state index contributed by atoms with van der Waals surface area (Å²) in [5.41, 5.74) is 0.940. The standard InChI is InChI=1S/C14H20F3NO/c1-2-8-18-13(7-9-19-10-14(16)17)11-3-5-12(15)6-4-11/h3-6,13-14,18H,2,7-10H2,1H3. The molecule has 1 unspecified atom stereocenters. The predicted molar refractivity (Wildman–Crippen MR) is 68.9 cm³/mol. The normalized spacial score (nSPS) is 12.9. The van der Waals surface area contributed by atoms with Gasteiger partial charge in [0.15, 0.2) is 0 Å².